The van der Waals surface area contributed by atoms with Gasteiger partial charge in [0.1, 0.15) is 0 Å². The molecule has 0 bridgehead atoms. The molecule has 0 saturated heterocycles. The molecule has 5 heteroatoms. The van der Waals surface area contributed by atoms with E-state index in [-0.39, 0.29) is 0 Å². The zero-order valence-electron chi connectivity index (χ0n) is 12.5. The zero-order chi connectivity index (χ0) is 14.8. The van der Waals surface area contributed by atoms with Gasteiger partial charge in [-0.25, -0.2) is 13.1 Å². The molecule has 0 radical (unpaired) electrons. The monoisotopic (exact) mass is 288 g/mol. The summed E-state index contributed by atoms with van der Waals surface area (Å²) in [5.41, 5.74) is 0. The summed E-state index contributed by atoms with van der Waals surface area (Å²) in [5, 5.41) is 9.35. The Labute approximate surface area is 118 Å². The summed E-state index contributed by atoms with van der Waals surface area (Å²) in [6.45, 7) is 4.08. The first kappa shape index (κ1) is 18.4. The molecular formula is C14H28N2O2S. The van der Waals surface area contributed by atoms with E-state index in [1.165, 1.54) is 26.3 Å². The van der Waals surface area contributed by atoms with Crippen LogP contribution in [0.25, 0.3) is 0 Å². The first-order chi connectivity index (χ1) is 8.99. The maximum absolute atomic E-state index is 12.1. The summed E-state index contributed by atoms with van der Waals surface area (Å²) in [6.07, 6.45) is 8.10. The Hall–Kier alpha value is -0.600. The molecule has 0 aromatic rings. The van der Waals surface area contributed by atoms with Crippen molar-refractivity contribution in [2.75, 3.05) is 7.05 Å². The average molecular weight is 288 g/mol. The minimum absolute atomic E-state index is 0.404. The molecule has 19 heavy (non-hydrogen) atoms. The number of nitrogens with zero attached hydrogens (tertiary/aromatic N) is 1. The van der Waals surface area contributed by atoms with Crippen molar-refractivity contribution < 1.29 is 8.42 Å². The Balaban J connectivity index is 4.50. The molecule has 112 valence electrons. The Morgan fingerprint density at radius 1 is 1.00 bits per heavy atom. The van der Waals surface area contributed by atoms with Crippen LogP contribution in [-0.4, -0.2) is 20.2 Å². The van der Waals surface area contributed by atoms with Crippen molar-refractivity contribution in [1.29, 1.82) is 5.26 Å². The molecule has 0 spiro atoms. The van der Waals surface area contributed by atoms with Gasteiger partial charge in [-0.3, -0.25) is 0 Å². The van der Waals surface area contributed by atoms with Crippen LogP contribution in [0.4, 0.5) is 0 Å². The number of rotatable bonds is 11. The van der Waals surface area contributed by atoms with Crippen molar-refractivity contribution in [2.24, 2.45) is 0 Å². The maximum atomic E-state index is 12.1. The highest BCUT2D eigenvalue weighted by Crippen LogP contribution is 2.28. The predicted octanol–water partition coefficient (Wildman–Crippen LogP) is 3.35. The summed E-state index contributed by atoms with van der Waals surface area (Å²) in [7, 11) is -2.16. The van der Waals surface area contributed by atoms with Crippen molar-refractivity contribution in [1.82, 2.24) is 4.72 Å². The summed E-state index contributed by atoms with van der Waals surface area (Å²) in [6, 6.07) is 2.06. The Bertz CT molecular complexity index is 373. The SMILES string of the molecule is CCCCCCCCC(C#N)(CCC)S(=O)(=O)NC. The van der Waals surface area contributed by atoms with Crippen LogP contribution in [0, 0.1) is 11.3 Å². The van der Waals surface area contributed by atoms with E-state index < -0.39 is 14.8 Å². The van der Waals surface area contributed by atoms with Crippen LogP contribution < -0.4 is 4.72 Å². The molecule has 0 rings (SSSR count). The van der Waals surface area contributed by atoms with Gasteiger partial charge in [-0.15, -0.1) is 0 Å². The van der Waals surface area contributed by atoms with Crippen molar-refractivity contribution >= 4 is 10.0 Å². The van der Waals surface area contributed by atoms with Crippen molar-refractivity contribution in [3.8, 4) is 6.07 Å². The van der Waals surface area contributed by atoms with Gasteiger partial charge in [-0.05, 0) is 19.9 Å². The molecule has 1 atom stereocenters. The largest absolute Gasteiger partial charge is 0.230 e. The predicted molar refractivity (Wildman–Crippen MR) is 79.2 cm³/mol. The molecule has 1 unspecified atom stereocenters. The number of hydrogen-bond acceptors (Lipinski definition) is 3. The van der Waals surface area contributed by atoms with E-state index in [0.29, 0.717) is 19.3 Å². The van der Waals surface area contributed by atoms with Crippen LogP contribution >= 0.6 is 0 Å². The second-order valence-corrected chi connectivity index (χ2v) is 7.28. The minimum Gasteiger partial charge on any atom is -0.217 e. The van der Waals surface area contributed by atoms with Crippen molar-refractivity contribution in [3.63, 3.8) is 0 Å². The fourth-order valence-corrected chi connectivity index (χ4v) is 3.75. The molecule has 0 aromatic heterocycles. The quantitative estimate of drug-likeness (QED) is 0.593. The molecule has 4 nitrogen and oxygen atoms in total. The third-order valence-corrected chi connectivity index (χ3v) is 5.64. The molecule has 0 aliphatic rings. The number of nitriles is 1. The maximum Gasteiger partial charge on any atom is 0.230 e. The van der Waals surface area contributed by atoms with Gasteiger partial charge in [0.05, 0.1) is 6.07 Å². The van der Waals surface area contributed by atoms with Crippen LogP contribution in [0.3, 0.4) is 0 Å². The Kier molecular flexibility index (Phi) is 9.03. The Morgan fingerprint density at radius 2 is 1.58 bits per heavy atom. The molecule has 0 amide bonds. The van der Waals surface area contributed by atoms with E-state index in [1.54, 1.807) is 0 Å². The first-order valence-corrected chi connectivity index (χ1v) is 8.82. The van der Waals surface area contributed by atoms with Crippen LogP contribution in [0.2, 0.25) is 0 Å². The minimum atomic E-state index is -3.54. The lowest BCUT2D eigenvalue weighted by Gasteiger charge is -2.25. The van der Waals surface area contributed by atoms with Crippen molar-refractivity contribution in [3.05, 3.63) is 0 Å². The van der Waals surface area contributed by atoms with E-state index in [4.69, 9.17) is 0 Å². The summed E-state index contributed by atoms with van der Waals surface area (Å²) in [4.78, 5) is 0. The molecule has 0 aliphatic heterocycles. The fraction of sp³-hybridized carbons (Fsp3) is 0.929. The van der Waals surface area contributed by atoms with E-state index in [0.717, 1.165) is 19.3 Å². The highest BCUT2D eigenvalue weighted by molar-refractivity contribution is 7.91. The number of hydrogen-bond donors (Lipinski definition) is 1. The first-order valence-electron chi connectivity index (χ1n) is 7.34. The average Bonchev–Trinajstić information content (AvgIpc) is 2.41. The van der Waals surface area contributed by atoms with Gasteiger partial charge in [0.25, 0.3) is 0 Å². The Morgan fingerprint density at radius 3 is 2.05 bits per heavy atom. The van der Waals surface area contributed by atoms with Crippen LogP contribution in [0.5, 0.6) is 0 Å². The fourth-order valence-electron chi connectivity index (χ4n) is 2.36. The van der Waals surface area contributed by atoms with Crippen LogP contribution in [-0.2, 0) is 10.0 Å². The zero-order valence-corrected chi connectivity index (χ0v) is 13.4. The van der Waals surface area contributed by atoms with Crippen LogP contribution in [0.1, 0.15) is 71.6 Å². The second kappa shape index (κ2) is 9.33. The van der Waals surface area contributed by atoms with Gasteiger partial charge in [0.15, 0.2) is 4.75 Å². The lowest BCUT2D eigenvalue weighted by Crippen LogP contribution is -2.43. The highest BCUT2D eigenvalue weighted by atomic mass is 32.2. The lowest BCUT2D eigenvalue weighted by atomic mass is 9.96. The number of sulfonamides is 1. The standard InChI is InChI=1S/C14H28N2O2S/c1-4-6-7-8-9-10-12-14(13-15,11-5-2)19(17,18)16-3/h16H,4-12H2,1-3H3. The molecule has 0 fully saturated rings. The van der Waals surface area contributed by atoms with Gasteiger partial charge >= 0.3 is 0 Å². The smallest absolute Gasteiger partial charge is 0.217 e. The third kappa shape index (κ3) is 5.50. The summed E-state index contributed by atoms with van der Waals surface area (Å²) >= 11 is 0. The third-order valence-electron chi connectivity index (χ3n) is 3.57. The lowest BCUT2D eigenvalue weighted by molar-refractivity contribution is 0.481. The molecular weight excluding hydrogens is 260 g/mol. The molecule has 1 N–H and O–H groups in total. The number of unbranched alkanes of at least 4 members (excludes halogenated alkanes) is 5. The van der Waals surface area contributed by atoms with Gasteiger partial charge in [-0.1, -0.05) is 58.8 Å². The molecule has 0 aliphatic carbocycles. The van der Waals surface area contributed by atoms with Gasteiger partial charge < -0.3 is 0 Å². The van der Waals surface area contributed by atoms with Gasteiger partial charge in [0, 0.05) is 0 Å². The summed E-state index contributed by atoms with van der Waals surface area (Å²) in [5.74, 6) is 0. The normalized spacial score (nSPS) is 14.8. The highest BCUT2D eigenvalue weighted by Gasteiger charge is 2.42. The van der Waals surface area contributed by atoms with E-state index in [9.17, 15) is 13.7 Å². The van der Waals surface area contributed by atoms with E-state index in [1.807, 2.05) is 6.92 Å². The molecule has 0 heterocycles. The van der Waals surface area contributed by atoms with Crippen molar-refractivity contribution in [2.45, 2.75) is 76.4 Å². The van der Waals surface area contributed by atoms with E-state index in [2.05, 4.69) is 17.7 Å². The second-order valence-electron chi connectivity index (χ2n) is 5.08. The summed E-state index contributed by atoms with van der Waals surface area (Å²) < 4.78 is 25.2. The molecule has 0 saturated carbocycles. The topological polar surface area (TPSA) is 70.0 Å². The van der Waals surface area contributed by atoms with Gasteiger partial charge in [-0.2, -0.15) is 5.26 Å². The van der Waals surface area contributed by atoms with Gasteiger partial charge in [0.2, 0.25) is 10.0 Å². The molecule has 0 aromatic carbocycles. The van der Waals surface area contributed by atoms with Crippen LogP contribution in [0.15, 0.2) is 0 Å². The number of nitrogens with one attached hydrogen (secondary N) is 1. The van der Waals surface area contributed by atoms with E-state index >= 15 is 0 Å².